The lowest BCUT2D eigenvalue weighted by atomic mass is 9.80. The van der Waals surface area contributed by atoms with Crippen LogP contribution in [0.1, 0.15) is 38.7 Å². The van der Waals surface area contributed by atoms with Crippen molar-refractivity contribution in [2.75, 3.05) is 18.6 Å². The van der Waals surface area contributed by atoms with Gasteiger partial charge in [-0.2, -0.15) is 0 Å². The lowest BCUT2D eigenvalue weighted by Gasteiger charge is -2.46. The summed E-state index contributed by atoms with van der Waals surface area (Å²) in [6, 6.07) is 5.92. The molecular weight excluding hydrogens is 242 g/mol. The third-order valence-electron chi connectivity index (χ3n) is 3.89. The fraction of sp³-hybridized carbons (Fsp3) is 0.533. The summed E-state index contributed by atoms with van der Waals surface area (Å²) < 4.78 is 5.26. The molecule has 0 spiro atoms. The molecule has 1 heterocycles. The standard InChI is InChI=1S/C15H21NO3/c1-10-8-15(2,3)16(9-14(17)18)13-7-11(19-4)5-6-12(10)13/h5-7,10H,8-9H2,1-4H3,(H,17,18)/t10-/m0/s1. The average molecular weight is 263 g/mol. The molecule has 1 aromatic rings. The first-order chi connectivity index (χ1) is 8.85. The van der Waals surface area contributed by atoms with Crippen molar-refractivity contribution in [3.8, 4) is 5.75 Å². The highest BCUT2D eigenvalue weighted by atomic mass is 16.5. The van der Waals surface area contributed by atoms with Gasteiger partial charge in [0.05, 0.1) is 7.11 Å². The van der Waals surface area contributed by atoms with Crippen molar-refractivity contribution in [3.63, 3.8) is 0 Å². The Morgan fingerprint density at radius 2 is 2.21 bits per heavy atom. The zero-order valence-electron chi connectivity index (χ0n) is 11.9. The maximum Gasteiger partial charge on any atom is 0.323 e. The Bertz CT molecular complexity index is 496. The molecule has 0 fully saturated rings. The highest BCUT2D eigenvalue weighted by Gasteiger charge is 2.37. The topological polar surface area (TPSA) is 49.8 Å². The second kappa shape index (κ2) is 4.76. The number of hydrogen-bond acceptors (Lipinski definition) is 3. The van der Waals surface area contributed by atoms with Gasteiger partial charge in [-0.3, -0.25) is 4.79 Å². The first-order valence-electron chi connectivity index (χ1n) is 6.52. The van der Waals surface area contributed by atoms with Crippen molar-refractivity contribution in [2.45, 2.75) is 38.6 Å². The Morgan fingerprint density at radius 3 is 2.79 bits per heavy atom. The van der Waals surface area contributed by atoms with Crippen molar-refractivity contribution < 1.29 is 14.6 Å². The molecule has 2 rings (SSSR count). The molecule has 104 valence electrons. The van der Waals surface area contributed by atoms with Crippen LogP contribution in [0.5, 0.6) is 5.75 Å². The predicted molar refractivity (Wildman–Crippen MR) is 75.1 cm³/mol. The Balaban J connectivity index is 2.52. The number of aliphatic carboxylic acids is 1. The third kappa shape index (κ3) is 2.53. The van der Waals surface area contributed by atoms with E-state index in [0.29, 0.717) is 5.92 Å². The second-order valence-electron chi connectivity index (χ2n) is 5.82. The van der Waals surface area contributed by atoms with Gasteiger partial charge in [0.2, 0.25) is 0 Å². The zero-order chi connectivity index (χ0) is 14.2. The molecule has 0 bridgehead atoms. The minimum absolute atomic E-state index is 0.0138. The minimum atomic E-state index is -0.809. The highest BCUT2D eigenvalue weighted by molar-refractivity contribution is 5.76. The van der Waals surface area contributed by atoms with Crippen molar-refractivity contribution in [3.05, 3.63) is 23.8 Å². The molecule has 0 amide bonds. The number of fused-ring (bicyclic) bond motifs is 1. The summed E-state index contributed by atoms with van der Waals surface area (Å²) in [5, 5.41) is 9.14. The molecule has 0 aliphatic carbocycles. The van der Waals surface area contributed by atoms with Gasteiger partial charge in [-0.25, -0.2) is 0 Å². The van der Waals surface area contributed by atoms with E-state index in [0.717, 1.165) is 17.9 Å². The van der Waals surface area contributed by atoms with Gasteiger partial charge in [-0.05, 0) is 37.8 Å². The lowest BCUT2D eigenvalue weighted by Crippen LogP contribution is -2.50. The molecule has 19 heavy (non-hydrogen) atoms. The number of carboxylic acids is 1. The number of benzene rings is 1. The number of nitrogens with zero attached hydrogens (tertiary/aromatic N) is 1. The highest BCUT2D eigenvalue weighted by Crippen LogP contribution is 2.44. The largest absolute Gasteiger partial charge is 0.497 e. The molecule has 0 aromatic heterocycles. The van der Waals surface area contributed by atoms with Gasteiger partial charge >= 0.3 is 5.97 Å². The Labute approximate surface area is 114 Å². The summed E-state index contributed by atoms with van der Waals surface area (Å²) in [5.41, 5.74) is 2.00. The molecule has 4 heteroatoms. The van der Waals surface area contributed by atoms with Crippen molar-refractivity contribution in [1.29, 1.82) is 0 Å². The maximum atomic E-state index is 11.1. The predicted octanol–water partition coefficient (Wildman–Crippen LogP) is 2.87. The monoisotopic (exact) mass is 263 g/mol. The normalized spacial score (nSPS) is 20.8. The first-order valence-corrected chi connectivity index (χ1v) is 6.52. The smallest absolute Gasteiger partial charge is 0.323 e. The molecule has 1 aliphatic rings. The van der Waals surface area contributed by atoms with Crippen LogP contribution in [0.3, 0.4) is 0 Å². The Morgan fingerprint density at radius 1 is 1.53 bits per heavy atom. The van der Waals surface area contributed by atoms with Gasteiger partial charge < -0.3 is 14.7 Å². The summed E-state index contributed by atoms with van der Waals surface area (Å²) in [6.45, 7) is 6.38. The van der Waals surface area contributed by atoms with E-state index in [1.807, 2.05) is 23.1 Å². The van der Waals surface area contributed by atoms with Gasteiger partial charge in [0.25, 0.3) is 0 Å². The van der Waals surface area contributed by atoms with E-state index in [9.17, 15) is 4.79 Å². The molecule has 4 nitrogen and oxygen atoms in total. The molecule has 1 N–H and O–H groups in total. The van der Waals surface area contributed by atoms with Gasteiger partial charge in [0.15, 0.2) is 0 Å². The van der Waals surface area contributed by atoms with Gasteiger partial charge in [-0.15, -0.1) is 0 Å². The summed E-state index contributed by atoms with van der Waals surface area (Å²) in [4.78, 5) is 13.1. The van der Waals surface area contributed by atoms with E-state index in [1.54, 1.807) is 7.11 Å². The number of anilines is 1. The van der Waals surface area contributed by atoms with E-state index in [-0.39, 0.29) is 12.1 Å². The first kappa shape index (κ1) is 13.7. The fourth-order valence-corrected chi connectivity index (χ4v) is 3.03. The number of carbonyl (C=O) groups is 1. The minimum Gasteiger partial charge on any atom is -0.497 e. The average Bonchev–Trinajstić information content (AvgIpc) is 2.33. The molecule has 1 aliphatic heterocycles. The second-order valence-corrected chi connectivity index (χ2v) is 5.82. The van der Waals surface area contributed by atoms with E-state index in [2.05, 4.69) is 20.8 Å². The number of carboxylic acid groups (broad SMARTS) is 1. The van der Waals surface area contributed by atoms with Crippen LogP contribution < -0.4 is 9.64 Å². The molecule has 0 radical (unpaired) electrons. The lowest BCUT2D eigenvalue weighted by molar-refractivity contribution is -0.135. The van der Waals surface area contributed by atoms with Gasteiger partial charge in [-0.1, -0.05) is 13.0 Å². The van der Waals surface area contributed by atoms with Crippen molar-refractivity contribution in [2.24, 2.45) is 0 Å². The van der Waals surface area contributed by atoms with Crippen LogP contribution >= 0.6 is 0 Å². The number of rotatable bonds is 3. The fourth-order valence-electron chi connectivity index (χ4n) is 3.03. The van der Waals surface area contributed by atoms with Crippen LogP contribution in [0.2, 0.25) is 0 Å². The molecule has 1 atom stereocenters. The zero-order valence-corrected chi connectivity index (χ0v) is 11.9. The summed E-state index contributed by atoms with van der Waals surface area (Å²) >= 11 is 0. The number of hydrogen-bond donors (Lipinski definition) is 1. The Kier molecular flexibility index (Phi) is 3.43. The van der Waals surface area contributed by atoms with Gasteiger partial charge in [0.1, 0.15) is 12.3 Å². The Hall–Kier alpha value is -1.71. The molecule has 0 saturated heterocycles. The van der Waals surface area contributed by atoms with E-state index < -0.39 is 5.97 Å². The van der Waals surface area contributed by atoms with Crippen molar-refractivity contribution >= 4 is 11.7 Å². The molecule has 0 unspecified atom stereocenters. The van der Waals surface area contributed by atoms with Crippen LogP contribution in [-0.4, -0.2) is 30.3 Å². The molecule has 0 saturated carbocycles. The van der Waals surface area contributed by atoms with Crippen LogP contribution in [0, 0.1) is 0 Å². The third-order valence-corrected chi connectivity index (χ3v) is 3.89. The van der Waals surface area contributed by atoms with Crippen LogP contribution in [0.4, 0.5) is 5.69 Å². The summed E-state index contributed by atoms with van der Waals surface area (Å²) in [7, 11) is 1.63. The maximum absolute atomic E-state index is 11.1. The van der Waals surface area contributed by atoms with Gasteiger partial charge in [0, 0.05) is 17.3 Å². The summed E-state index contributed by atoms with van der Waals surface area (Å²) in [5.74, 6) is 0.372. The molecule has 1 aromatic carbocycles. The quantitative estimate of drug-likeness (QED) is 0.911. The number of methoxy groups -OCH3 is 1. The molecular formula is C15H21NO3. The summed E-state index contributed by atoms with van der Waals surface area (Å²) in [6.07, 6.45) is 0.944. The van der Waals surface area contributed by atoms with Crippen LogP contribution in [0.25, 0.3) is 0 Å². The van der Waals surface area contributed by atoms with Crippen molar-refractivity contribution in [1.82, 2.24) is 0 Å². The van der Waals surface area contributed by atoms with E-state index >= 15 is 0 Å². The van der Waals surface area contributed by atoms with Crippen LogP contribution in [0.15, 0.2) is 18.2 Å². The van der Waals surface area contributed by atoms with E-state index in [4.69, 9.17) is 9.84 Å². The SMILES string of the molecule is COc1ccc2c(c1)N(CC(=O)O)C(C)(C)C[C@@H]2C. The van der Waals surface area contributed by atoms with E-state index in [1.165, 1.54) is 5.56 Å². The number of ether oxygens (including phenoxy) is 1. The van der Waals surface area contributed by atoms with Crippen LogP contribution in [-0.2, 0) is 4.79 Å².